The molecule has 3 fully saturated rings. The normalized spacial score (nSPS) is 26.2. The summed E-state index contributed by atoms with van der Waals surface area (Å²) in [6.45, 7) is 8.03. The number of carbonyl (C=O) groups excluding carboxylic acids is 1. The maximum atomic E-state index is 13.1. The number of aliphatic carboxylic acids is 1. The number of carboxylic acid groups (broad SMARTS) is 1. The van der Waals surface area contributed by atoms with Crippen LogP contribution in [0.15, 0.2) is 16.5 Å². The molecule has 1 aromatic rings. The van der Waals surface area contributed by atoms with Crippen LogP contribution < -0.4 is 0 Å². The van der Waals surface area contributed by atoms with Gasteiger partial charge in [0.15, 0.2) is 0 Å². The molecule has 4 heterocycles. The van der Waals surface area contributed by atoms with Gasteiger partial charge in [-0.25, -0.2) is 4.79 Å². The number of alkyl halides is 3. The van der Waals surface area contributed by atoms with Gasteiger partial charge in [0.25, 0.3) is 0 Å². The average molecular weight is 462 g/mol. The molecule has 180 valence electrons. The number of halogens is 3. The molecule has 3 saturated heterocycles. The molecule has 3 aliphatic rings. The second-order valence-corrected chi connectivity index (χ2v) is 8.12. The van der Waals surface area contributed by atoms with Crippen molar-refractivity contribution in [1.29, 1.82) is 0 Å². The molecular formula is C21H29F3N2O6. The topological polar surface area (TPSA) is 92.5 Å². The molecule has 32 heavy (non-hydrogen) atoms. The third-order valence-corrected chi connectivity index (χ3v) is 6.00. The first-order valence-corrected chi connectivity index (χ1v) is 10.8. The summed E-state index contributed by atoms with van der Waals surface area (Å²) in [5.41, 5.74) is 0. The second-order valence-electron chi connectivity index (χ2n) is 8.12. The largest absolute Gasteiger partial charge is 0.490 e. The average Bonchev–Trinajstić information content (AvgIpc) is 3.42. The van der Waals surface area contributed by atoms with Gasteiger partial charge in [-0.1, -0.05) is 6.92 Å². The summed E-state index contributed by atoms with van der Waals surface area (Å²) in [7, 11) is 0. The maximum absolute atomic E-state index is 13.1. The zero-order chi connectivity index (χ0) is 23.3. The minimum atomic E-state index is -5.08. The molecule has 8 nitrogen and oxygen atoms in total. The number of piperidine rings is 1. The summed E-state index contributed by atoms with van der Waals surface area (Å²) in [4.78, 5) is 26.3. The summed E-state index contributed by atoms with van der Waals surface area (Å²) in [5, 5.41) is 7.12. The van der Waals surface area contributed by atoms with Crippen LogP contribution in [0, 0.1) is 11.8 Å². The lowest BCUT2D eigenvalue weighted by Crippen LogP contribution is -2.54. The molecule has 3 atom stereocenters. The van der Waals surface area contributed by atoms with Gasteiger partial charge in [0, 0.05) is 45.1 Å². The Balaban J connectivity index is 0.000000360. The predicted octanol–water partition coefficient (Wildman–Crippen LogP) is 2.17. The molecule has 0 aliphatic carbocycles. The Morgan fingerprint density at radius 3 is 2.38 bits per heavy atom. The van der Waals surface area contributed by atoms with Crippen LogP contribution >= 0.6 is 0 Å². The number of morpholine rings is 1. The quantitative estimate of drug-likeness (QED) is 0.733. The third kappa shape index (κ3) is 6.23. The van der Waals surface area contributed by atoms with Gasteiger partial charge in [-0.2, -0.15) is 13.2 Å². The highest BCUT2D eigenvalue weighted by Crippen LogP contribution is 2.35. The van der Waals surface area contributed by atoms with Gasteiger partial charge in [0.2, 0.25) is 5.91 Å². The Hall–Kier alpha value is -2.11. The van der Waals surface area contributed by atoms with Crippen molar-refractivity contribution in [3.63, 3.8) is 0 Å². The van der Waals surface area contributed by atoms with Gasteiger partial charge in [-0.05, 0) is 18.6 Å². The molecular weight excluding hydrogens is 433 g/mol. The first kappa shape index (κ1) is 24.5. The summed E-state index contributed by atoms with van der Waals surface area (Å²) in [5.74, 6) is -0.0992. The number of likely N-dealkylation sites (tertiary alicyclic amines) is 1. The molecule has 1 amide bonds. The summed E-state index contributed by atoms with van der Waals surface area (Å²) < 4.78 is 48.9. The molecule has 0 radical (unpaired) electrons. The Morgan fingerprint density at radius 2 is 1.78 bits per heavy atom. The minimum absolute atomic E-state index is 0.0277. The van der Waals surface area contributed by atoms with Crippen LogP contribution in [0.3, 0.4) is 0 Å². The molecule has 1 N–H and O–H groups in total. The first-order valence-electron chi connectivity index (χ1n) is 10.8. The van der Waals surface area contributed by atoms with Crippen molar-refractivity contribution in [2.45, 2.75) is 38.6 Å². The van der Waals surface area contributed by atoms with Crippen molar-refractivity contribution in [2.24, 2.45) is 11.8 Å². The van der Waals surface area contributed by atoms with Crippen LogP contribution in [0.25, 0.3) is 0 Å². The van der Waals surface area contributed by atoms with Gasteiger partial charge >= 0.3 is 12.1 Å². The van der Waals surface area contributed by atoms with E-state index in [0.29, 0.717) is 32.2 Å². The van der Waals surface area contributed by atoms with E-state index in [9.17, 15) is 18.0 Å². The van der Waals surface area contributed by atoms with Crippen molar-refractivity contribution in [2.75, 3.05) is 46.0 Å². The van der Waals surface area contributed by atoms with Gasteiger partial charge in [0.05, 0.1) is 31.8 Å². The summed E-state index contributed by atoms with van der Waals surface area (Å²) >= 11 is 0. The van der Waals surface area contributed by atoms with Gasteiger partial charge in [-0.3, -0.25) is 9.69 Å². The lowest BCUT2D eigenvalue weighted by Gasteiger charge is -2.41. The van der Waals surface area contributed by atoms with E-state index in [4.69, 9.17) is 23.8 Å². The summed E-state index contributed by atoms with van der Waals surface area (Å²) in [6, 6.07) is 4.10. The number of hydrogen-bond donors (Lipinski definition) is 1. The Labute approximate surface area is 184 Å². The van der Waals surface area contributed by atoms with Gasteiger partial charge in [0.1, 0.15) is 11.5 Å². The van der Waals surface area contributed by atoms with Crippen LogP contribution in [0.1, 0.15) is 24.9 Å². The molecule has 0 unspecified atom stereocenters. The molecule has 0 saturated carbocycles. The fourth-order valence-corrected chi connectivity index (χ4v) is 4.38. The van der Waals surface area contributed by atoms with E-state index < -0.39 is 12.1 Å². The number of carboxylic acids is 1. The lowest BCUT2D eigenvalue weighted by atomic mass is 9.81. The van der Waals surface area contributed by atoms with E-state index in [1.54, 1.807) is 0 Å². The van der Waals surface area contributed by atoms with Crippen molar-refractivity contribution >= 4 is 11.9 Å². The number of fused-ring (bicyclic) bond motifs is 1. The predicted molar refractivity (Wildman–Crippen MR) is 106 cm³/mol. The molecule has 0 aromatic carbocycles. The van der Waals surface area contributed by atoms with Crippen LogP contribution in [0.4, 0.5) is 13.2 Å². The van der Waals surface area contributed by atoms with Crippen molar-refractivity contribution < 1.29 is 41.8 Å². The zero-order valence-electron chi connectivity index (χ0n) is 18.0. The summed E-state index contributed by atoms with van der Waals surface area (Å²) in [6.07, 6.45) is -3.00. The highest BCUT2D eigenvalue weighted by Gasteiger charge is 2.45. The Kier molecular flexibility index (Phi) is 8.18. The Morgan fingerprint density at radius 1 is 1.12 bits per heavy atom. The van der Waals surface area contributed by atoms with E-state index in [-0.39, 0.29) is 17.9 Å². The standard InChI is InChI=1S/C19H28N2O4.C2HF3O2/c1-2-14-3-4-15(25-14)11-20-12-17(16-5-8-24-18(16)13-20)19(22)21-6-9-23-10-7-21;3-2(4,5)1(6)7/h3-4,16-18H,2,5-13H2,1H3;(H,6,7)/t16-,17-,18+;/m0./s1. The van der Waals surface area contributed by atoms with Crippen molar-refractivity contribution in [3.8, 4) is 0 Å². The highest BCUT2D eigenvalue weighted by atomic mass is 19.4. The number of rotatable bonds is 4. The maximum Gasteiger partial charge on any atom is 0.490 e. The number of ether oxygens (including phenoxy) is 2. The first-order chi connectivity index (χ1) is 15.2. The number of aryl methyl sites for hydroxylation is 1. The number of hydrogen-bond acceptors (Lipinski definition) is 6. The monoisotopic (exact) mass is 462 g/mol. The Bertz CT molecular complexity index is 778. The van der Waals surface area contributed by atoms with E-state index in [2.05, 4.69) is 17.9 Å². The third-order valence-electron chi connectivity index (χ3n) is 6.00. The zero-order valence-corrected chi connectivity index (χ0v) is 18.0. The van der Waals surface area contributed by atoms with E-state index in [0.717, 1.165) is 50.6 Å². The van der Waals surface area contributed by atoms with Crippen LogP contribution in [-0.2, 0) is 32.0 Å². The number of amides is 1. The second kappa shape index (κ2) is 10.7. The van der Waals surface area contributed by atoms with Gasteiger partial charge in [-0.15, -0.1) is 0 Å². The van der Waals surface area contributed by atoms with Crippen LogP contribution in [0.5, 0.6) is 0 Å². The fourth-order valence-electron chi connectivity index (χ4n) is 4.38. The van der Waals surface area contributed by atoms with E-state index >= 15 is 0 Å². The fraction of sp³-hybridized carbons (Fsp3) is 0.714. The van der Waals surface area contributed by atoms with Gasteiger partial charge < -0.3 is 23.9 Å². The van der Waals surface area contributed by atoms with Crippen LogP contribution in [0.2, 0.25) is 0 Å². The van der Waals surface area contributed by atoms with E-state index in [1.165, 1.54) is 0 Å². The van der Waals surface area contributed by atoms with E-state index in [1.807, 2.05) is 11.0 Å². The molecule has 4 rings (SSSR count). The minimum Gasteiger partial charge on any atom is -0.475 e. The smallest absolute Gasteiger partial charge is 0.475 e. The number of carbonyl (C=O) groups is 2. The van der Waals surface area contributed by atoms with Crippen molar-refractivity contribution in [1.82, 2.24) is 9.80 Å². The SMILES string of the molecule is CCc1ccc(CN2C[C@H](C(=O)N3CCOCC3)[C@@H]3CCO[C@@H]3C2)o1.O=C(O)C(F)(F)F. The highest BCUT2D eigenvalue weighted by molar-refractivity contribution is 5.79. The molecule has 11 heteroatoms. The molecule has 1 aromatic heterocycles. The molecule has 0 spiro atoms. The number of nitrogens with zero attached hydrogens (tertiary/aromatic N) is 2. The molecule has 3 aliphatic heterocycles. The van der Waals surface area contributed by atoms with Crippen molar-refractivity contribution in [3.05, 3.63) is 23.7 Å². The molecule has 0 bridgehead atoms. The number of furan rings is 1. The van der Waals surface area contributed by atoms with Crippen LogP contribution in [-0.4, -0.2) is 85.1 Å². The lowest BCUT2D eigenvalue weighted by molar-refractivity contribution is -0.192.